The van der Waals surface area contributed by atoms with Crippen molar-refractivity contribution in [2.24, 2.45) is 5.92 Å². The van der Waals surface area contributed by atoms with Crippen molar-refractivity contribution in [3.63, 3.8) is 0 Å². The Morgan fingerprint density at radius 2 is 2.38 bits per heavy atom. The maximum atomic E-state index is 10.8. The van der Waals surface area contributed by atoms with E-state index >= 15 is 0 Å². The average Bonchev–Trinajstić information content (AvgIpc) is 2.62. The first-order chi connectivity index (χ1) is 7.58. The molecule has 0 fully saturated rings. The predicted molar refractivity (Wildman–Crippen MR) is 59.2 cm³/mol. The summed E-state index contributed by atoms with van der Waals surface area (Å²) in [4.78, 5) is 12.9. The molecular weight excluding hydrogens is 206 g/mol. The highest BCUT2D eigenvalue weighted by atomic mass is 16.4. The molecule has 0 radical (unpaired) electrons. The summed E-state index contributed by atoms with van der Waals surface area (Å²) in [5.41, 5.74) is 1.21. The largest absolute Gasteiger partial charge is 0.481 e. The Morgan fingerprint density at radius 3 is 3.00 bits per heavy atom. The highest BCUT2D eigenvalue weighted by Gasteiger charge is 2.31. The SMILES string of the molecule is CN(C)C1CC(CC(=O)O)Cc2occc21. The summed E-state index contributed by atoms with van der Waals surface area (Å²) in [5, 5.41) is 8.84. The van der Waals surface area contributed by atoms with Gasteiger partial charge in [0.15, 0.2) is 0 Å². The molecule has 1 heterocycles. The van der Waals surface area contributed by atoms with Gasteiger partial charge in [-0.2, -0.15) is 0 Å². The fraction of sp³-hybridized carbons (Fsp3) is 0.583. The maximum Gasteiger partial charge on any atom is 0.303 e. The van der Waals surface area contributed by atoms with Crippen LogP contribution in [-0.4, -0.2) is 30.1 Å². The molecular formula is C12H17NO3. The topological polar surface area (TPSA) is 53.7 Å². The number of rotatable bonds is 3. The van der Waals surface area contributed by atoms with Crippen LogP contribution in [0, 0.1) is 5.92 Å². The standard InChI is InChI=1S/C12H17NO3/c1-13(2)10-5-8(7-12(14)15)6-11-9(10)3-4-16-11/h3-4,8,10H,5-7H2,1-2H3,(H,14,15). The van der Waals surface area contributed by atoms with Crippen molar-refractivity contribution >= 4 is 5.97 Å². The van der Waals surface area contributed by atoms with E-state index in [-0.39, 0.29) is 18.4 Å². The van der Waals surface area contributed by atoms with Crippen molar-refractivity contribution in [2.75, 3.05) is 14.1 Å². The van der Waals surface area contributed by atoms with Crippen LogP contribution < -0.4 is 0 Å². The second-order valence-corrected chi connectivity index (χ2v) is 4.68. The number of carbonyl (C=O) groups is 1. The van der Waals surface area contributed by atoms with Gasteiger partial charge in [-0.25, -0.2) is 0 Å². The molecule has 1 N–H and O–H groups in total. The van der Waals surface area contributed by atoms with Crippen LogP contribution in [0.25, 0.3) is 0 Å². The van der Waals surface area contributed by atoms with Crippen molar-refractivity contribution < 1.29 is 14.3 Å². The van der Waals surface area contributed by atoms with E-state index in [1.54, 1.807) is 6.26 Å². The number of carboxylic acids is 1. The van der Waals surface area contributed by atoms with E-state index in [4.69, 9.17) is 9.52 Å². The first kappa shape index (κ1) is 11.2. The number of fused-ring (bicyclic) bond motifs is 1. The number of aliphatic carboxylic acids is 1. The molecule has 0 aromatic carbocycles. The van der Waals surface area contributed by atoms with Gasteiger partial charge in [-0.1, -0.05) is 0 Å². The highest BCUT2D eigenvalue weighted by molar-refractivity contribution is 5.67. The third-order valence-corrected chi connectivity index (χ3v) is 3.26. The molecule has 0 spiro atoms. The highest BCUT2D eigenvalue weighted by Crippen LogP contribution is 2.37. The second-order valence-electron chi connectivity index (χ2n) is 4.68. The van der Waals surface area contributed by atoms with Crippen molar-refractivity contribution in [1.82, 2.24) is 4.90 Å². The zero-order valence-corrected chi connectivity index (χ0v) is 9.64. The predicted octanol–water partition coefficient (Wildman–Crippen LogP) is 1.92. The zero-order chi connectivity index (χ0) is 11.7. The van der Waals surface area contributed by atoms with Gasteiger partial charge in [-0.15, -0.1) is 0 Å². The fourth-order valence-corrected chi connectivity index (χ4v) is 2.49. The van der Waals surface area contributed by atoms with Crippen molar-refractivity contribution in [2.45, 2.75) is 25.3 Å². The van der Waals surface area contributed by atoms with Gasteiger partial charge in [0.2, 0.25) is 0 Å². The van der Waals surface area contributed by atoms with Gasteiger partial charge >= 0.3 is 5.97 Å². The molecule has 0 saturated heterocycles. The lowest BCUT2D eigenvalue weighted by Gasteiger charge is -2.32. The van der Waals surface area contributed by atoms with E-state index in [0.29, 0.717) is 0 Å². The smallest absolute Gasteiger partial charge is 0.303 e. The Morgan fingerprint density at radius 1 is 1.62 bits per heavy atom. The molecule has 0 bridgehead atoms. The van der Waals surface area contributed by atoms with Crippen molar-refractivity contribution in [3.05, 3.63) is 23.7 Å². The van der Waals surface area contributed by atoms with Crippen LogP contribution in [0.1, 0.15) is 30.2 Å². The lowest BCUT2D eigenvalue weighted by molar-refractivity contribution is -0.138. The van der Waals surface area contributed by atoms with Crippen molar-refractivity contribution in [1.29, 1.82) is 0 Å². The minimum absolute atomic E-state index is 0.184. The van der Waals surface area contributed by atoms with Gasteiger partial charge in [-0.3, -0.25) is 4.79 Å². The fourth-order valence-electron chi connectivity index (χ4n) is 2.49. The summed E-state index contributed by atoms with van der Waals surface area (Å²) >= 11 is 0. The Labute approximate surface area is 94.9 Å². The molecule has 16 heavy (non-hydrogen) atoms. The molecule has 1 aliphatic carbocycles. The summed E-state index contributed by atoms with van der Waals surface area (Å²) in [5.74, 6) is 0.414. The lowest BCUT2D eigenvalue weighted by atomic mass is 9.82. The lowest BCUT2D eigenvalue weighted by Crippen LogP contribution is -2.28. The minimum Gasteiger partial charge on any atom is -0.481 e. The van der Waals surface area contributed by atoms with E-state index in [2.05, 4.69) is 4.90 Å². The average molecular weight is 223 g/mol. The third-order valence-electron chi connectivity index (χ3n) is 3.26. The summed E-state index contributed by atoms with van der Waals surface area (Å²) in [6.07, 6.45) is 3.57. The Balaban J connectivity index is 2.20. The molecule has 4 nitrogen and oxygen atoms in total. The van der Waals surface area contributed by atoms with Gasteiger partial charge in [0.25, 0.3) is 0 Å². The molecule has 88 valence electrons. The maximum absolute atomic E-state index is 10.8. The van der Waals surface area contributed by atoms with Crippen LogP contribution in [0.4, 0.5) is 0 Å². The van der Waals surface area contributed by atoms with Gasteiger partial charge in [0.1, 0.15) is 5.76 Å². The Bertz CT molecular complexity index is 383. The molecule has 0 aliphatic heterocycles. The van der Waals surface area contributed by atoms with E-state index < -0.39 is 5.97 Å². The number of nitrogens with zero attached hydrogens (tertiary/aromatic N) is 1. The van der Waals surface area contributed by atoms with Gasteiger partial charge in [0.05, 0.1) is 6.26 Å². The Kier molecular flexibility index (Phi) is 3.01. The van der Waals surface area contributed by atoms with Crippen LogP contribution in [0.5, 0.6) is 0 Å². The monoisotopic (exact) mass is 223 g/mol. The summed E-state index contributed by atoms with van der Waals surface area (Å²) in [6.45, 7) is 0. The number of carboxylic acid groups (broad SMARTS) is 1. The molecule has 1 aromatic heterocycles. The molecule has 2 atom stereocenters. The van der Waals surface area contributed by atoms with Crippen LogP contribution in [0.3, 0.4) is 0 Å². The van der Waals surface area contributed by atoms with Gasteiger partial charge < -0.3 is 14.4 Å². The van der Waals surface area contributed by atoms with Crippen LogP contribution in [0.2, 0.25) is 0 Å². The van der Waals surface area contributed by atoms with E-state index in [1.165, 1.54) is 5.56 Å². The van der Waals surface area contributed by atoms with E-state index in [0.717, 1.165) is 18.6 Å². The summed E-state index contributed by atoms with van der Waals surface area (Å²) < 4.78 is 5.43. The number of hydrogen-bond donors (Lipinski definition) is 1. The van der Waals surface area contributed by atoms with Crippen LogP contribution in [-0.2, 0) is 11.2 Å². The number of furan rings is 1. The zero-order valence-electron chi connectivity index (χ0n) is 9.64. The molecule has 0 saturated carbocycles. The van der Waals surface area contributed by atoms with Crippen LogP contribution in [0.15, 0.2) is 16.7 Å². The normalized spacial score (nSPS) is 24.4. The van der Waals surface area contributed by atoms with Gasteiger partial charge in [-0.05, 0) is 32.5 Å². The summed E-state index contributed by atoms with van der Waals surface area (Å²) in [6, 6.07) is 2.28. The first-order valence-corrected chi connectivity index (χ1v) is 5.52. The molecule has 4 heteroatoms. The molecule has 2 rings (SSSR count). The van der Waals surface area contributed by atoms with E-state index in [1.807, 2.05) is 20.2 Å². The quantitative estimate of drug-likeness (QED) is 0.850. The van der Waals surface area contributed by atoms with Crippen molar-refractivity contribution in [3.8, 4) is 0 Å². The number of hydrogen-bond acceptors (Lipinski definition) is 3. The van der Waals surface area contributed by atoms with Crippen LogP contribution >= 0.6 is 0 Å². The molecule has 1 aliphatic rings. The van der Waals surface area contributed by atoms with Gasteiger partial charge in [0, 0.05) is 24.4 Å². The Hall–Kier alpha value is -1.29. The second kappa shape index (κ2) is 4.29. The third kappa shape index (κ3) is 2.11. The summed E-state index contributed by atoms with van der Waals surface area (Å²) in [7, 11) is 4.04. The molecule has 2 unspecified atom stereocenters. The first-order valence-electron chi connectivity index (χ1n) is 5.52. The molecule has 0 amide bonds. The molecule has 1 aromatic rings. The van der Waals surface area contributed by atoms with E-state index in [9.17, 15) is 4.79 Å². The minimum atomic E-state index is -0.725.